The number of nitrogens with zero attached hydrogens (tertiary/aromatic N) is 1. The van der Waals surface area contributed by atoms with Gasteiger partial charge in [0.05, 0.1) is 25.1 Å². The normalized spacial score (nSPS) is 14.7. The van der Waals surface area contributed by atoms with E-state index in [0.717, 1.165) is 28.3 Å². The lowest BCUT2D eigenvalue weighted by Gasteiger charge is -2.21. The van der Waals surface area contributed by atoms with E-state index < -0.39 is 0 Å². The van der Waals surface area contributed by atoms with Gasteiger partial charge in [0.25, 0.3) is 5.91 Å². The Morgan fingerprint density at radius 2 is 1.71 bits per heavy atom. The van der Waals surface area contributed by atoms with Gasteiger partial charge in [-0.15, -0.1) is 0 Å². The van der Waals surface area contributed by atoms with E-state index in [9.17, 15) is 4.79 Å². The van der Waals surface area contributed by atoms with Gasteiger partial charge in [-0.2, -0.15) is 0 Å². The molecule has 0 unspecified atom stereocenters. The third kappa shape index (κ3) is 4.49. The number of amides is 1. The lowest BCUT2D eigenvalue weighted by Crippen LogP contribution is -2.24. The number of ether oxygens (including phenoxy) is 2. The summed E-state index contributed by atoms with van der Waals surface area (Å²) in [6.07, 6.45) is 3.79. The van der Waals surface area contributed by atoms with Gasteiger partial charge in [-0.3, -0.25) is 9.69 Å². The molecule has 0 atom stereocenters. The van der Waals surface area contributed by atoms with Crippen LogP contribution in [-0.2, 0) is 4.79 Å². The first-order chi connectivity index (χ1) is 15.1. The number of benzene rings is 3. The molecule has 4 nitrogen and oxygen atoms in total. The molecule has 0 bridgehead atoms. The zero-order valence-corrected chi connectivity index (χ0v) is 18.1. The van der Waals surface area contributed by atoms with Crippen molar-refractivity contribution < 1.29 is 14.3 Å². The molecule has 1 aliphatic rings. The van der Waals surface area contributed by atoms with Gasteiger partial charge in [0.2, 0.25) is 0 Å². The monoisotopic (exact) mass is 431 g/mol. The van der Waals surface area contributed by atoms with Crippen LogP contribution < -0.4 is 14.4 Å². The van der Waals surface area contributed by atoms with E-state index in [-0.39, 0.29) is 5.91 Å². The fourth-order valence-electron chi connectivity index (χ4n) is 3.46. The molecule has 0 fully saturated rings. The number of carbonyl (C=O) groups excluding carboxylic acids is 1. The van der Waals surface area contributed by atoms with E-state index in [2.05, 4.69) is 0 Å². The smallest absolute Gasteiger partial charge is 0.262 e. The second-order valence-electron chi connectivity index (χ2n) is 6.98. The maximum atomic E-state index is 13.4. The Balaban J connectivity index is 1.76. The van der Waals surface area contributed by atoms with E-state index >= 15 is 0 Å². The Kier molecular flexibility index (Phi) is 6.10. The molecule has 0 saturated carbocycles. The van der Waals surface area contributed by atoms with E-state index in [1.165, 1.54) is 0 Å². The number of rotatable bonds is 6. The highest BCUT2D eigenvalue weighted by Crippen LogP contribution is 2.36. The van der Waals surface area contributed by atoms with E-state index in [1.807, 2.05) is 91.9 Å². The van der Waals surface area contributed by atoms with Crippen LogP contribution in [0, 0.1) is 0 Å². The molecule has 0 aliphatic carbocycles. The highest BCUT2D eigenvalue weighted by atomic mass is 35.5. The molecule has 1 aliphatic heterocycles. The van der Waals surface area contributed by atoms with Crippen LogP contribution in [-0.4, -0.2) is 19.6 Å². The molecule has 0 N–H and O–H groups in total. The molecule has 1 heterocycles. The summed E-state index contributed by atoms with van der Waals surface area (Å²) in [5.74, 6) is 1.38. The van der Waals surface area contributed by atoms with Crippen molar-refractivity contribution in [1.29, 1.82) is 0 Å². The highest BCUT2D eigenvalue weighted by molar-refractivity contribution is 6.30. The summed E-state index contributed by atoms with van der Waals surface area (Å²) in [6, 6.07) is 22.6. The summed E-state index contributed by atoms with van der Waals surface area (Å²) in [6.45, 7) is 2.56. The van der Waals surface area contributed by atoms with Crippen molar-refractivity contribution in [3.8, 4) is 11.5 Å². The molecule has 3 aromatic rings. The summed E-state index contributed by atoms with van der Waals surface area (Å²) in [4.78, 5) is 15.1. The van der Waals surface area contributed by atoms with Crippen molar-refractivity contribution in [3.63, 3.8) is 0 Å². The molecule has 0 aromatic heterocycles. The fourth-order valence-corrected chi connectivity index (χ4v) is 3.59. The molecule has 5 heteroatoms. The molecule has 4 rings (SSSR count). The predicted octanol–water partition coefficient (Wildman–Crippen LogP) is 6.22. The molecular formula is C26H22ClNO3. The molecule has 1 amide bonds. The second kappa shape index (κ2) is 9.11. The Morgan fingerprint density at radius 3 is 2.39 bits per heavy atom. The Bertz CT molecular complexity index is 1150. The molecule has 3 aromatic carbocycles. The minimum Gasteiger partial charge on any atom is -0.497 e. The Labute approximate surface area is 187 Å². The molecule has 0 spiro atoms. The summed E-state index contributed by atoms with van der Waals surface area (Å²) in [5, 5.41) is 0.645. The van der Waals surface area contributed by atoms with Crippen LogP contribution in [0.2, 0.25) is 5.02 Å². The Morgan fingerprint density at radius 1 is 0.968 bits per heavy atom. The van der Waals surface area contributed by atoms with E-state index in [0.29, 0.717) is 23.0 Å². The van der Waals surface area contributed by atoms with Crippen LogP contribution in [0.5, 0.6) is 11.5 Å². The van der Waals surface area contributed by atoms with E-state index in [1.54, 1.807) is 12.0 Å². The van der Waals surface area contributed by atoms with Crippen molar-refractivity contribution in [3.05, 3.63) is 101 Å². The van der Waals surface area contributed by atoms with Crippen LogP contribution in [0.1, 0.15) is 18.1 Å². The first-order valence-corrected chi connectivity index (χ1v) is 10.4. The molecule has 31 heavy (non-hydrogen) atoms. The first-order valence-electron chi connectivity index (χ1n) is 10.00. The zero-order chi connectivity index (χ0) is 21.8. The van der Waals surface area contributed by atoms with Gasteiger partial charge < -0.3 is 9.47 Å². The van der Waals surface area contributed by atoms with Crippen LogP contribution in [0.15, 0.2) is 84.4 Å². The summed E-state index contributed by atoms with van der Waals surface area (Å²) in [5.41, 5.74) is 3.94. The third-order valence-electron chi connectivity index (χ3n) is 4.95. The zero-order valence-electron chi connectivity index (χ0n) is 17.3. The number of anilines is 1. The lowest BCUT2D eigenvalue weighted by atomic mass is 10.1. The summed E-state index contributed by atoms with van der Waals surface area (Å²) < 4.78 is 10.9. The third-order valence-corrected chi connectivity index (χ3v) is 5.20. The van der Waals surface area contributed by atoms with Gasteiger partial charge in [0.15, 0.2) is 0 Å². The van der Waals surface area contributed by atoms with Gasteiger partial charge in [-0.1, -0.05) is 41.9 Å². The summed E-state index contributed by atoms with van der Waals surface area (Å²) >= 11 is 6.07. The largest absolute Gasteiger partial charge is 0.497 e. The molecular weight excluding hydrogens is 410 g/mol. The minimum atomic E-state index is -0.105. The van der Waals surface area contributed by atoms with Crippen LogP contribution >= 0.6 is 11.6 Å². The predicted molar refractivity (Wildman–Crippen MR) is 125 cm³/mol. The van der Waals surface area contributed by atoms with Gasteiger partial charge in [-0.05, 0) is 66.6 Å². The molecule has 156 valence electrons. The average Bonchev–Trinajstić information content (AvgIpc) is 3.11. The second-order valence-corrected chi connectivity index (χ2v) is 7.42. The summed E-state index contributed by atoms with van der Waals surface area (Å²) in [7, 11) is 1.61. The van der Waals surface area contributed by atoms with Crippen LogP contribution in [0.4, 0.5) is 5.69 Å². The number of hydrogen-bond acceptors (Lipinski definition) is 3. The lowest BCUT2D eigenvalue weighted by molar-refractivity contribution is -0.113. The van der Waals surface area contributed by atoms with Crippen molar-refractivity contribution in [2.45, 2.75) is 6.92 Å². The van der Waals surface area contributed by atoms with Crippen molar-refractivity contribution in [2.24, 2.45) is 0 Å². The Hall–Kier alpha value is -3.50. The van der Waals surface area contributed by atoms with Gasteiger partial charge in [0, 0.05) is 16.7 Å². The average molecular weight is 432 g/mol. The maximum absolute atomic E-state index is 13.4. The topological polar surface area (TPSA) is 38.8 Å². The minimum absolute atomic E-state index is 0.105. The van der Waals surface area contributed by atoms with Crippen molar-refractivity contribution >= 4 is 35.0 Å². The first kappa shape index (κ1) is 20.8. The number of halogens is 1. The van der Waals surface area contributed by atoms with Gasteiger partial charge >= 0.3 is 0 Å². The van der Waals surface area contributed by atoms with Crippen LogP contribution in [0.3, 0.4) is 0 Å². The van der Waals surface area contributed by atoms with Gasteiger partial charge in [-0.25, -0.2) is 0 Å². The maximum Gasteiger partial charge on any atom is 0.262 e. The van der Waals surface area contributed by atoms with Crippen molar-refractivity contribution in [2.75, 3.05) is 18.6 Å². The van der Waals surface area contributed by atoms with Crippen molar-refractivity contribution in [1.82, 2.24) is 0 Å². The SMILES string of the molecule is CCOc1ccc(/C=C2\C=C(c3ccc(Cl)cc3)N(c3cccc(OC)c3)C2=O)cc1. The molecule has 0 saturated heterocycles. The quantitative estimate of drug-likeness (QED) is 0.435. The number of hydrogen-bond donors (Lipinski definition) is 0. The fraction of sp³-hybridized carbons (Fsp3) is 0.115. The van der Waals surface area contributed by atoms with Gasteiger partial charge in [0.1, 0.15) is 11.5 Å². The number of carbonyl (C=O) groups is 1. The highest BCUT2D eigenvalue weighted by Gasteiger charge is 2.30. The number of methoxy groups -OCH3 is 1. The van der Waals surface area contributed by atoms with Crippen LogP contribution in [0.25, 0.3) is 11.8 Å². The van der Waals surface area contributed by atoms with E-state index in [4.69, 9.17) is 21.1 Å². The molecule has 0 radical (unpaired) electrons. The standard InChI is InChI=1S/C26H22ClNO3/c1-3-31-23-13-7-18(8-14-23)15-20-16-25(19-9-11-21(27)12-10-19)28(26(20)29)22-5-4-6-24(17-22)30-2/h4-17H,3H2,1-2H3/b20-15+.